The summed E-state index contributed by atoms with van der Waals surface area (Å²) in [5.74, 6) is 0. The van der Waals surface area contributed by atoms with Crippen LogP contribution in [-0.4, -0.2) is 12.3 Å². The van der Waals surface area contributed by atoms with Gasteiger partial charge in [-0.3, -0.25) is 0 Å². The lowest BCUT2D eigenvalue weighted by molar-refractivity contribution is -0.00000394. The van der Waals surface area contributed by atoms with Crippen LogP contribution in [0, 0.1) is 0 Å². The van der Waals surface area contributed by atoms with E-state index in [2.05, 4.69) is 74.5 Å². The molecule has 2 heteroatoms. The molecule has 0 nitrogen and oxygen atoms in total. The molecule has 2 aromatic carbocycles. The first-order valence-corrected chi connectivity index (χ1v) is 9.47. The standard InChI is InChI=1S/C18H24P.ClH/c1-3-15-19(16-4-2,17-11-7-5-8-12-17)18-13-9-6-10-14-18;/h5-14H,3-4,15-16H2,1-2H3;1H/q+1;/p-1. The van der Waals surface area contributed by atoms with Crippen LogP contribution >= 0.6 is 7.26 Å². The quantitative estimate of drug-likeness (QED) is 0.709. The Morgan fingerprint density at radius 1 is 0.650 bits per heavy atom. The first kappa shape index (κ1) is 17.2. The molecular weight excluding hydrogens is 283 g/mol. The van der Waals surface area contributed by atoms with Crippen molar-refractivity contribution in [1.82, 2.24) is 0 Å². The van der Waals surface area contributed by atoms with Crippen LogP contribution in [0.2, 0.25) is 0 Å². The predicted octanol–water partition coefficient (Wildman–Crippen LogP) is 1.48. The fourth-order valence-corrected chi connectivity index (χ4v) is 7.53. The van der Waals surface area contributed by atoms with Gasteiger partial charge < -0.3 is 12.4 Å². The van der Waals surface area contributed by atoms with Crippen LogP contribution in [0.4, 0.5) is 0 Å². The largest absolute Gasteiger partial charge is 1.00 e. The van der Waals surface area contributed by atoms with Crippen molar-refractivity contribution in [2.45, 2.75) is 26.7 Å². The van der Waals surface area contributed by atoms with E-state index >= 15 is 0 Å². The summed E-state index contributed by atoms with van der Waals surface area (Å²) in [6.45, 7) is 4.63. The zero-order chi connectivity index (χ0) is 13.6. The van der Waals surface area contributed by atoms with E-state index in [4.69, 9.17) is 0 Å². The molecule has 0 aromatic heterocycles. The average molecular weight is 307 g/mol. The van der Waals surface area contributed by atoms with Gasteiger partial charge in [0.05, 0.1) is 30.2 Å². The second-order valence-electron chi connectivity index (χ2n) is 5.09. The third kappa shape index (κ3) is 3.62. The van der Waals surface area contributed by atoms with Crippen molar-refractivity contribution in [3.8, 4) is 0 Å². The summed E-state index contributed by atoms with van der Waals surface area (Å²) < 4.78 is 0. The van der Waals surface area contributed by atoms with Crippen LogP contribution in [0.25, 0.3) is 0 Å². The Morgan fingerprint density at radius 2 is 1.00 bits per heavy atom. The highest BCUT2D eigenvalue weighted by molar-refractivity contribution is 7.89. The molecule has 0 bridgehead atoms. The minimum absolute atomic E-state index is 0. The molecule has 0 heterocycles. The van der Waals surface area contributed by atoms with E-state index in [0.717, 1.165) is 0 Å². The molecule has 0 aliphatic rings. The lowest BCUT2D eigenvalue weighted by Gasteiger charge is -2.27. The molecule has 0 saturated carbocycles. The topological polar surface area (TPSA) is 0 Å². The first-order valence-electron chi connectivity index (χ1n) is 7.32. The zero-order valence-electron chi connectivity index (χ0n) is 12.4. The maximum Gasteiger partial charge on any atom is 0.0991 e. The molecule has 2 rings (SSSR count). The van der Waals surface area contributed by atoms with Gasteiger partial charge in [-0.05, 0) is 37.1 Å². The van der Waals surface area contributed by atoms with Crippen LogP contribution in [0.5, 0.6) is 0 Å². The molecule has 0 amide bonds. The predicted molar refractivity (Wildman–Crippen MR) is 89.4 cm³/mol. The van der Waals surface area contributed by atoms with Gasteiger partial charge in [0.15, 0.2) is 0 Å². The average Bonchev–Trinajstić information content (AvgIpc) is 2.49. The van der Waals surface area contributed by atoms with Crippen LogP contribution in [0.15, 0.2) is 60.7 Å². The number of hydrogen-bond donors (Lipinski definition) is 0. The summed E-state index contributed by atoms with van der Waals surface area (Å²) in [7, 11) is -1.20. The van der Waals surface area contributed by atoms with Crippen molar-refractivity contribution in [2.75, 3.05) is 12.3 Å². The van der Waals surface area contributed by atoms with Gasteiger partial charge in [-0.25, -0.2) is 0 Å². The number of rotatable bonds is 6. The molecule has 0 N–H and O–H groups in total. The highest BCUT2D eigenvalue weighted by Gasteiger charge is 2.40. The van der Waals surface area contributed by atoms with Crippen molar-refractivity contribution < 1.29 is 12.4 Å². The Bertz CT molecular complexity index is 434. The maximum atomic E-state index is 2.34. The maximum absolute atomic E-state index is 2.34. The van der Waals surface area contributed by atoms with Crippen molar-refractivity contribution in [2.24, 2.45) is 0 Å². The Kier molecular flexibility index (Phi) is 7.27. The second kappa shape index (κ2) is 8.45. The summed E-state index contributed by atoms with van der Waals surface area (Å²) >= 11 is 0. The molecule has 0 saturated heterocycles. The zero-order valence-corrected chi connectivity index (χ0v) is 14.1. The van der Waals surface area contributed by atoms with E-state index in [1.165, 1.54) is 25.2 Å². The molecule has 0 aliphatic carbocycles. The van der Waals surface area contributed by atoms with Gasteiger partial charge in [0.1, 0.15) is 0 Å². The normalized spacial score (nSPS) is 10.9. The van der Waals surface area contributed by atoms with Gasteiger partial charge in [0.25, 0.3) is 0 Å². The second-order valence-corrected chi connectivity index (χ2v) is 8.95. The van der Waals surface area contributed by atoms with E-state index in [1.54, 1.807) is 10.6 Å². The van der Waals surface area contributed by atoms with Crippen LogP contribution in [0.3, 0.4) is 0 Å². The molecule has 0 aliphatic heterocycles. The van der Waals surface area contributed by atoms with E-state index in [0.29, 0.717) is 0 Å². The Morgan fingerprint density at radius 3 is 1.30 bits per heavy atom. The van der Waals surface area contributed by atoms with E-state index in [9.17, 15) is 0 Å². The summed E-state index contributed by atoms with van der Waals surface area (Å²) in [5, 5.41) is 3.15. The Labute approximate surface area is 130 Å². The molecule has 0 unspecified atom stereocenters. The molecule has 0 fully saturated rings. The summed E-state index contributed by atoms with van der Waals surface area (Å²) in [6.07, 6.45) is 5.18. The lowest BCUT2D eigenvalue weighted by Crippen LogP contribution is -3.00. The van der Waals surface area contributed by atoms with Gasteiger partial charge in [-0.2, -0.15) is 0 Å². The SMILES string of the molecule is CCC[P+](CCC)(c1ccccc1)c1ccccc1.[Cl-]. The van der Waals surface area contributed by atoms with E-state index < -0.39 is 7.26 Å². The third-order valence-corrected chi connectivity index (χ3v) is 8.71. The highest BCUT2D eigenvalue weighted by Crippen LogP contribution is 2.57. The Hall–Kier alpha value is -0.840. The number of benzene rings is 2. The highest BCUT2D eigenvalue weighted by atomic mass is 35.5. The van der Waals surface area contributed by atoms with Gasteiger partial charge in [0.2, 0.25) is 0 Å². The molecule has 20 heavy (non-hydrogen) atoms. The van der Waals surface area contributed by atoms with Gasteiger partial charge in [-0.1, -0.05) is 50.2 Å². The summed E-state index contributed by atoms with van der Waals surface area (Å²) in [5.41, 5.74) is 0. The monoisotopic (exact) mass is 306 g/mol. The van der Waals surface area contributed by atoms with Crippen molar-refractivity contribution in [3.05, 3.63) is 60.7 Å². The minimum atomic E-state index is -1.20. The van der Waals surface area contributed by atoms with E-state index in [1.807, 2.05) is 0 Å². The van der Waals surface area contributed by atoms with Crippen molar-refractivity contribution in [1.29, 1.82) is 0 Å². The van der Waals surface area contributed by atoms with E-state index in [-0.39, 0.29) is 12.4 Å². The van der Waals surface area contributed by atoms with Crippen LogP contribution in [0.1, 0.15) is 26.7 Å². The van der Waals surface area contributed by atoms with Crippen LogP contribution < -0.4 is 23.0 Å². The summed E-state index contributed by atoms with van der Waals surface area (Å²) in [6, 6.07) is 22.4. The lowest BCUT2D eigenvalue weighted by atomic mass is 10.4. The fourth-order valence-electron chi connectivity index (χ4n) is 2.97. The first-order chi connectivity index (χ1) is 9.33. The number of halogens is 1. The minimum Gasteiger partial charge on any atom is -1.00 e. The summed E-state index contributed by atoms with van der Waals surface area (Å²) in [4.78, 5) is 0. The Balaban J connectivity index is 0.00000200. The number of hydrogen-bond acceptors (Lipinski definition) is 0. The molecule has 0 spiro atoms. The smallest absolute Gasteiger partial charge is 0.0991 e. The van der Waals surface area contributed by atoms with Crippen LogP contribution in [-0.2, 0) is 0 Å². The van der Waals surface area contributed by atoms with Crippen molar-refractivity contribution >= 4 is 17.9 Å². The molecule has 0 atom stereocenters. The third-order valence-electron chi connectivity index (χ3n) is 3.71. The fraction of sp³-hybridized carbons (Fsp3) is 0.333. The molecular formula is C18H24ClP. The molecule has 0 radical (unpaired) electrons. The van der Waals surface area contributed by atoms with Gasteiger partial charge >= 0.3 is 0 Å². The van der Waals surface area contributed by atoms with Gasteiger partial charge in [0, 0.05) is 0 Å². The molecule has 2 aromatic rings. The van der Waals surface area contributed by atoms with Gasteiger partial charge in [-0.15, -0.1) is 0 Å². The molecule has 108 valence electrons. The van der Waals surface area contributed by atoms with Crippen molar-refractivity contribution in [3.63, 3.8) is 0 Å².